The Kier molecular flexibility index (Phi) is 7.86. The van der Waals surface area contributed by atoms with E-state index in [0.29, 0.717) is 22.4 Å². The van der Waals surface area contributed by atoms with Crippen LogP contribution in [0, 0.1) is 5.92 Å². The molecule has 6 nitrogen and oxygen atoms in total. The third-order valence-electron chi connectivity index (χ3n) is 5.13. The molecule has 0 bridgehead atoms. The minimum Gasteiger partial charge on any atom is -0.460 e. The van der Waals surface area contributed by atoms with E-state index in [1.165, 1.54) is 18.2 Å². The number of anilines is 1. The molecule has 9 heteroatoms. The molecule has 1 fully saturated rings. The average Bonchev–Trinajstić information content (AvgIpc) is 3.40. The Balaban J connectivity index is 1.77. The summed E-state index contributed by atoms with van der Waals surface area (Å²) in [4.78, 5) is 40.8. The number of amides is 1. The van der Waals surface area contributed by atoms with Gasteiger partial charge in [-0.05, 0) is 37.0 Å². The Bertz CT molecular complexity index is 941. The van der Waals surface area contributed by atoms with Crippen molar-refractivity contribution in [1.29, 1.82) is 0 Å². The largest absolute Gasteiger partial charge is 0.460 e. The van der Waals surface area contributed by atoms with Crippen molar-refractivity contribution in [2.45, 2.75) is 44.9 Å². The monoisotopic (exact) mass is 468 g/mol. The molecule has 0 aliphatic heterocycles. The van der Waals surface area contributed by atoms with Gasteiger partial charge in [-0.25, -0.2) is 9.78 Å². The summed E-state index contributed by atoms with van der Waals surface area (Å²) in [6.45, 7) is 1.72. The highest BCUT2D eigenvalue weighted by Gasteiger charge is 2.28. The number of aromatic nitrogens is 1. The number of nitrogens with zero attached hydrogens (tertiary/aromatic N) is 1. The topological polar surface area (TPSA) is 85.4 Å². The van der Waals surface area contributed by atoms with Crippen LogP contribution in [0.3, 0.4) is 0 Å². The Hall–Kier alpha value is -1.96. The summed E-state index contributed by atoms with van der Waals surface area (Å²) < 4.78 is 4.71. The number of ketones is 1. The maximum absolute atomic E-state index is 13.1. The number of hydrogen-bond acceptors (Lipinski definition) is 6. The fraction of sp³-hybridized carbons (Fsp3) is 0.429. The molecule has 3 rings (SSSR count). The first-order chi connectivity index (χ1) is 14.4. The molecule has 1 amide bonds. The normalized spacial score (nSPS) is 15.0. The van der Waals surface area contributed by atoms with Gasteiger partial charge in [-0.1, -0.05) is 55.0 Å². The van der Waals surface area contributed by atoms with Crippen LogP contribution in [0.4, 0.5) is 5.13 Å². The molecule has 1 unspecified atom stereocenters. The number of hydrogen-bond donors (Lipinski definition) is 1. The lowest BCUT2D eigenvalue weighted by Gasteiger charge is -2.20. The Morgan fingerprint density at radius 3 is 2.63 bits per heavy atom. The highest BCUT2D eigenvalue weighted by molar-refractivity contribution is 7.14. The van der Waals surface area contributed by atoms with Crippen molar-refractivity contribution < 1.29 is 19.1 Å². The number of ether oxygens (including phenoxy) is 1. The molecule has 1 aromatic heterocycles. The average molecular weight is 469 g/mol. The number of esters is 1. The van der Waals surface area contributed by atoms with E-state index in [4.69, 9.17) is 27.9 Å². The summed E-state index contributed by atoms with van der Waals surface area (Å²) in [6.07, 6.45) is 5.24. The van der Waals surface area contributed by atoms with E-state index < -0.39 is 17.7 Å². The SMILES string of the molecule is CCOC(=O)C(=O)c1csc(NC(=O)C(CC2CCCC2)c2ccc(Cl)c(Cl)c2)n1. The Labute approximate surface area is 188 Å². The lowest BCUT2D eigenvalue weighted by atomic mass is 9.87. The van der Waals surface area contributed by atoms with Gasteiger partial charge >= 0.3 is 5.97 Å². The van der Waals surface area contributed by atoms with Crippen LogP contribution in [0.5, 0.6) is 0 Å². The first-order valence-corrected chi connectivity index (χ1v) is 11.4. The smallest absolute Gasteiger partial charge is 0.381 e. The fourth-order valence-electron chi connectivity index (χ4n) is 3.63. The van der Waals surface area contributed by atoms with Crippen LogP contribution in [-0.2, 0) is 14.3 Å². The van der Waals surface area contributed by atoms with Crippen LogP contribution in [0.1, 0.15) is 61.0 Å². The van der Waals surface area contributed by atoms with Gasteiger partial charge in [0.25, 0.3) is 5.78 Å². The molecule has 0 spiro atoms. The van der Waals surface area contributed by atoms with Crippen molar-refractivity contribution >= 4 is 57.3 Å². The van der Waals surface area contributed by atoms with Crippen LogP contribution < -0.4 is 5.32 Å². The standard InChI is InChI=1S/C21H22Cl2N2O4S/c1-2-29-20(28)18(26)17-11-30-21(24-17)25-19(27)14(9-12-5-3-4-6-12)13-7-8-15(22)16(23)10-13/h7-8,10-12,14H,2-6,9H2,1H3,(H,24,25,27). The number of carbonyl (C=O) groups is 3. The van der Waals surface area contributed by atoms with Gasteiger partial charge in [0, 0.05) is 5.38 Å². The van der Waals surface area contributed by atoms with Crippen LogP contribution in [-0.4, -0.2) is 29.3 Å². The van der Waals surface area contributed by atoms with Crippen LogP contribution >= 0.6 is 34.5 Å². The fourth-order valence-corrected chi connectivity index (χ4v) is 4.63. The lowest BCUT2D eigenvalue weighted by molar-refractivity contribution is -0.137. The molecule has 1 heterocycles. The van der Waals surface area contributed by atoms with Crippen molar-refractivity contribution in [2.24, 2.45) is 5.92 Å². The first-order valence-electron chi connectivity index (χ1n) is 9.81. The molecule has 30 heavy (non-hydrogen) atoms. The van der Waals surface area contributed by atoms with Gasteiger partial charge in [-0.3, -0.25) is 9.59 Å². The Morgan fingerprint density at radius 2 is 1.97 bits per heavy atom. The van der Waals surface area contributed by atoms with Gasteiger partial charge in [0.15, 0.2) is 5.13 Å². The summed E-state index contributed by atoms with van der Waals surface area (Å²) in [7, 11) is 0. The van der Waals surface area contributed by atoms with Gasteiger partial charge in [0.1, 0.15) is 5.69 Å². The third-order valence-corrected chi connectivity index (χ3v) is 6.63. The number of Topliss-reactive ketones (excluding diaryl/α,β-unsaturated/α-hetero) is 1. The van der Waals surface area contributed by atoms with E-state index in [9.17, 15) is 14.4 Å². The van der Waals surface area contributed by atoms with Crippen molar-refractivity contribution in [3.05, 3.63) is 44.9 Å². The Morgan fingerprint density at radius 1 is 1.23 bits per heavy atom. The van der Waals surface area contributed by atoms with E-state index in [1.807, 2.05) is 6.07 Å². The maximum atomic E-state index is 13.1. The van der Waals surface area contributed by atoms with E-state index in [1.54, 1.807) is 19.1 Å². The summed E-state index contributed by atoms with van der Waals surface area (Å²) in [5, 5.41) is 5.30. The zero-order valence-corrected chi connectivity index (χ0v) is 18.8. The molecular weight excluding hydrogens is 447 g/mol. The van der Waals surface area contributed by atoms with E-state index in [-0.39, 0.29) is 23.3 Å². The number of carbonyl (C=O) groups excluding carboxylic acids is 3. The van der Waals surface area contributed by atoms with Gasteiger partial charge in [-0.15, -0.1) is 11.3 Å². The molecule has 0 saturated heterocycles. The molecule has 1 N–H and O–H groups in total. The zero-order chi connectivity index (χ0) is 21.7. The predicted molar refractivity (Wildman–Crippen MR) is 117 cm³/mol. The van der Waals surface area contributed by atoms with Crippen LogP contribution in [0.2, 0.25) is 10.0 Å². The van der Waals surface area contributed by atoms with Gasteiger partial charge in [-0.2, -0.15) is 0 Å². The molecule has 0 radical (unpaired) electrons. The van der Waals surface area contributed by atoms with Crippen molar-refractivity contribution in [3.63, 3.8) is 0 Å². The van der Waals surface area contributed by atoms with Crippen molar-refractivity contribution in [2.75, 3.05) is 11.9 Å². The number of halogens is 2. The van der Waals surface area contributed by atoms with Gasteiger partial charge < -0.3 is 10.1 Å². The highest BCUT2D eigenvalue weighted by atomic mass is 35.5. The molecule has 160 valence electrons. The molecule has 1 aliphatic carbocycles. The number of rotatable bonds is 8. The van der Waals surface area contributed by atoms with E-state index >= 15 is 0 Å². The number of nitrogens with one attached hydrogen (secondary N) is 1. The van der Waals surface area contributed by atoms with Crippen molar-refractivity contribution in [3.8, 4) is 0 Å². The van der Waals surface area contributed by atoms with Crippen LogP contribution in [0.25, 0.3) is 0 Å². The predicted octanol–water partition coefficient (Wildman–Crippen LogP) is 5.50. The zero-order valence-electron chi connectivity index (χ0n) is 16.5. The molecule has 1 aromatic carbocycles. The second-order valence-electron chi connectivity index (χ2n) is 7.19. The van der Waals surface area contributed by atoms with Crippen molar-refractivity contribution in [1.82, 2.24) is 4.98 Å². The van der Waals surface area contributed by atoms with Crippen LogP contribution in [0.15, 0.2) is 23.6 Å². The molecule has 2 aromatic rings. The minimum atomic E-state index is -0.962. The minimum absolute atomic E-state index is 0.0457. The molecule has 1 saturated carbocycles. The summed E-state index contributed by atoms with van der Waals surface area (Å²) in [5.41, 5.74) is 0.740. The summed E-state index contributed by atoms with van der Waals surface area (Å²) in [5.74, 6) is -1.98. The summed E-state index contributed by atoms with van der Waals surface area (Å²) in [6, 6.07) is 5.22. The van der Waals surface area contributed by atoms with E-state index in [2.05, 4.69) is 10.3 Å². The number of benzene rings is 1. The maximum Gasteiger partial charge on any atom is 0.381 e. The molecule has 1 aliphatic rings. The number of thiazole rings is 1. The van der Waals surface area contributed by atoms with Gasteiger partial charge in [0.2, 0.25) is 5.91 Å². The first kappa shape index (κ1) is 22.7. The third kappa shape index (κ3) is 5.59. The van der Waals surface area contributed by atoms with E-state index in [0.717, 1.165) is 29.7 Å². The second-order valence-corrected chi connectivity index (χ2v) is 8.86. The highest BCUT2D eigenvalue weighted by Crippen LogP contribution is 2.36. The molecular formula is C21H22Cl2N2O4S. The molecule has 1 atom stereocenters. The second kappa shape index (κ2) is 10.4. The summed E-state index contributed by atoms with van der Waals surface area (Å²) >= 11 is 13.3. The van der Waals surface area contributed by atoms with Gasteiger partial charge in [0.05, 0.1) is 22.6 Å². The lowest BCUT2D eigenvalue weighted by Crippen LogP contribution is -2.23. The quantitative estimate of drug-likeness (QED) is 0.314.